The first-order valence-corrected chi connectivity index (χ1v) is 7.62. The summed E-state index contributed by atoms with van der Waals surface area (Å²) in [4.78, 5) is 11.0. The molecule has 7 heteroatoms. The first-order chi connectivity index (χ1) is 9.62. The van der Waals surface area contributed by atoms with E-state index in [1.807, 2.05) is 6.07 Å². The van der Waals surface area contributed by atoms with E-state index in [0.717, 1.165) is 11.1 Å². The molecule has 2 N–H and O–H groups in total. The summed E-state index contributed by atoms with van der Waals surface area (Å²) >= 11 is 0. The molecule has 0 fully saturated rings. The molecule has 0 bridgehead atoms. The predicted molar refractivity (Wildman–Crippen MR) is 76.6 cm³/mol. The van der Waals surface area contributed by atoms with Crippen LogP contribution in [0.1, 0.15) is 5.56 Å². The second kappa shape index (κ2) is 4.93. The number of sulfonamides is 1. The molecular weight excluding hydrogens is 276 g/mol. The van der Waals surface area contributed by atoms with Gasteiger partial charge in [-0.2, -0.15) is 0 Å². The van der Waals surface area contributed by atoms with Gasteiger partial charge in [-0.3, -0.25) is 4.72 Å². The van der Waals surface area contributed by atoms with Crippen molar-refractivity contribution in [2.45, 2.75) is 5.75 Å². The van der Waals surface area contributed by atoms with Gasteiger partial charge >= 0.3 is 0 Å². The largest absolute Gasteiger partial charge is 0.343 e. The fourth-order valence-electron chi connectivity index (χ4n) is 1.87. The van der Waals surface area contributed by atoms with Crippen LogP contribution in [0.15, 0.2) is 48.8 Å². The topological polar surface area (TPSA) is 87.7 Å². The van der Waals surface area contributed by atoms with Gasteiger partial charge in [0.15, 0.2) is 5.65 Å². The smallest absolute Gasteiger partial charge is 0.238 e. The molecule has 0 atom stereocenters. The molecule has 6 nitrogen and oxygen atoms in total. The Bertz CT molecular complexity index is 828. The third-order valence-electron chi connectivity index (χ3n) is 2.74. The summed E-state index contributed by atoms with van der Waals surface area (Å²) in [6, 6.07) is 12.3. The van der Waals surface area contributed by atoms with Crippen LogP contribution in [0.2, 0.25) is 0 Å². The molecule has 3 rings (SSSR count). The molecule has 2 heterocycles. The number of rotatable bonds is 4. The molecule has 0 aliphatic rings. The second-order valence-corrected chi connectivity index (χ2v) is 6.04. The fraction of sp³-hybridized carbons (Fsp3) is 0.0769. The summed E-state index contributed by atoms with van der Waals surface area (Å²) < 4.78 is 26.6. The number of imidazole rings is 1. The van der Waals surface area contributed by atoms with E-state index < -0.39 is 10.0 Å². The van der Waals surface area contributed by atoms with Gasteiger partial charge < -0.3 is 4.98 Å². The van der Waals surface area contributed by atoms with E-state index in [4.69, 9.17) is 0 Å². The van der Waals surface area contributed by atoms with Gasteiger partial charge in [-0.1, -0.05) is 30.3 Å². The van der Waals surface area contributed by atoms with Crippen LogP contribution >= 0.6 is 0 Å². The number of fused-ring (bicyclic) bond motifs is 1. The Hall–Kier alpha value is -2.41. The van der Waals surface area contributed by atoms with Gasteiger partial charge in [0, 0.05) is 0 Å². The summed E-state index contributed by atoms with van der Waals surface area (Å²) in [5.41, 5.74) is 1.96. The molecular formula is C13H12N4O2S. The molecule has 0 saturated carbocycles. The van der Waals surface area contributed by atoms with E-state index >= 15 is 0 Å². The zero-order valence-corrected chi connectivity index (χ0v) is 11.3. The highest BCUT2D eigenvalue weighted by Crippen LogP contribution is 2.14. The van der Waals surface area contributed by atoms with Crippen molar-refractivity contribution in [1.29, 1.82) is 0 Å². The Morgan fingerprint density at radius 2 is 1.90 bits per heavy atom. The summed E-state index contributed by atoms with van der Waals surface area (Å²) in [7, 11) is -3.49. The number of H-pyrrole nitrogens is 1. The van der Waals surface area contributed by atoms with Gasteiger partial charge in [0.25, 0.3) is 0 Å². The number of anilines is 1. The Labute approximate surface area is 115 Å². The third kappa shape index (κ3) is 2.77. The molecule has 2 aromatic heterocycles. The average Bonchev–Trinajstić information content (AvgIpc) is 2.86. The molecule has 0 saturated heterocycles. The van der Waals surface area contributed by atoms with Crippen LogP contribution in [-0.2, 0) is 15.8 Å². The van der Waals surface area contributed by atoms with E-state index in [9.17, 15) is 8.42 Å². The standard InChI is InChI=1S/C13H12N4O2S/c18-20(19,8-10-4-2-1-3-5-10)17-12-7-6-11-13(16-12)15-9-14-11/h1-7,9H,8H2,(H2,14,15,16,17). The number of benzene rings is 1. The fourth-order valence-corrected chi connectivity index (χ4v) is 3.00. The lowest BCUT2D eigenvalue weighted by atomic mass is 10.2. The maximum Gasteiger partial charge on any atom is 0.238 e. The van der Waals surface area contributed by atoms with Gasteiger partial charge in [-0.05, 0) is 17.7 Å². The van der Waals surface area contributed by atoms with Crippen LogP contribution in [0.25, 0.3) is 11.2 Å². The molecule has 3 aromatic rings. The van der Waals surface area contributed by atoms with Crippen LogP contribution < -0.4 is 4.72 Å². The van der Waals surface area contributed by atoms with Crippen LogP contribution in [-0.4, -0.2) is 23.4 Å². The van der Waals surface area contributed by atoms with Crippen molar-refractivity contribution in [2.24, 2.45) is 0 Å². The lowest BCUT2D eigenvalue weighted by Gasteiger charge is -2.07. The van der Waals surface area contributed by atoms with Crippen LogP contribution in [0, 0.1) is 0 Å². The first-order valence-electron chi connectivity index (χ1n) is 5.97. The minimum absolute atomic E-state index is 0.0892. The van der Waals surface area contributed by atoms with Gasteiger partial charge in [-0.25, -0.2) is 18.4 Å². The molecule has 0 spiro atoms. The van der Waals surface area contributed by atoms with Crippen molar-refractivity contribution in [1.82, 2.24) is 15.0 Å². The SMILES string of the molecule is O=S(=O)(Cc1ccccc1)Nc1ccc2[nH]cnc2n1. The van der Waals surface area contributed by atoms with E-state index in [2.05, 4.69) is 19.7 Å². The van der Waals surface area contributed by atoms with Gasteiger partial charge in [-0.15, -0.1) is 0 Å². The van der Waals surface area contributed by atoms with Gasteiger partial charge in [0.1, 0.15) is 5.82 Å². The minimum atomic E-state index is -3.49. The molecule has 0 unspecified atom stereocenters. The number of nitrogens with one attached hydrogen (secondary N) is 2. The molecule has 1 aromatic carbocycles. The number of hydrogen-bond acceptors (Lipinski definition) is 4. The summed E-state index contributed by atoms with van der Waals surface area (Å²) in [5, 5.41) is 0. The highest BCUT2D eigenvalue weighted by molar-refractivity contribution is 7.91. The minimum Gasteiger partial charge on any atom is -0.343 e. The Kier molecular flexibility index (Phi) is 3.11. The predicted octanol–water partition coefficient (Wildman–Crippen LogP) is 1.90. The first kappa shape index (κ1) is 12.6. The van der Waals surface area contributed by atoms with Crippen molar-refractivity contribution < 1.29 is 8.42 Å². The van der Waals surface area contributed by atoms with Crippen molar-refractivity contribution in [3.8, 4) is 0 Å². The molecule has 0 radical (unpaired) electrons. The Morgan fingerprint density at radius 1 is 1.10 bits per heavy atom. The van der Waals surface area contributed by atoms with E-state index in [-0.39, 0.29) is 11.6 Å². The quantitative estimate of drug-likeness (QED) is 0.767. The number of hydrogen-bond donors (Lipinski definition) is 2. The number of nitrogens with zero attached hydrogens (tertiary/aromatic N) is 2. The maximum absolute atomic E-state index is 12.1. The number of aromatic amines is 1. The van der Waals surface area contributed by atoms with E-state index in [1.165, 1.54) is 6.33 Å². The van der Waals surface area contributed by atoms with Crippen molar-refractivity contribution in [2.75, 3.05) is 4.72 Å². The van der Waals surface area contributed by atoms with E-state index in [0.29, 0.717) is 5.65 Å². The molecule has 102 valence electrons. The highest BCUT2D eigenvalue weighted by atomic mass is 32.2. The molecule has 20 heavy (non-hydrogen) atoms. The Balaban J connectivity index is 1.82. The zero-order valence-electron chi connectivity index (χ0n) is 10.4. The molecule has 0 aliphatic carbocycles. The van der Waals surface area contributed by atoms with E-state index in [1.54, 1.807) is 36.4 Å². The van der Waals surface area contributed by atoms with Crippen molar-refractivity contribution in [3.63, 3.8) is 0 Å². The number of aromatic nitrogens is 3. The third-order valence-corrected chi connectivity index (χ3v) is 3.98. The number of pyridine rings is 1. The lowest BCUT2D eigenvalue weighted by molar-refractivity contribution is 0.600. The summed E-state index contributed by atoms with van der Waals surface area (Å²) in [6.45, 7) is 0. The summed E-state index contributed by atoms with van der Waals surface area (Å²) in [6.07, 6.45) is 1.51. The van der Waals surface area contributed by atoms with Crippen molar-refractivity contribution >= 4 is 27.0 Å². The lowest BCUT2D eigenvalue weighted by Crippen LogP contribution is -2.15. The second-order valence-electron chi connectivity index (χ2n) is 4.32. The average molecular weight is 288 g/mol. The van der Waals surface area contributed by atoms with Crippen molar-refractivity contribution in [3.05, 3.63) is 54.4 Å². The Morgan fingerprint density at radius 3 is 2.70 bits per heavy atom. The molecule has 0 amide bonds. The monoisotopic (exact) mass is 288 g/mol. The van der Waals surface area contributed by atoms with Crippen LogP contribution in [0.3, 0.4) is 0 Å². The normalized spacial score (nSPS) is 11.6. The highest BCUT2D eigenvalue weighted by Gasteiger charge is 2.12. The van der Waals surface area contributed by atoms with Crippen LogP contribution in [0.5, 0.6) is 0 Å². The van der Waals surface area contributed by atoms with Gasteiger partial charge in [0.2, 0.25) is 10.0 Å². The maximum atomic E-state index is 12.1. The summed E-state index contributed by atoms with van der Waals surface area (Å²) in [5.74, 6) is 0.175. The van der Waals surface area contributed by atoms with Crippen LogP contribution in [0.4, 0.5) is 5.82 Å². The molecule has 0 aliphatic heterocycles. The zero-order chi connectivity index (χ0) is 14.0. The van der Waals surface area contributed by atoms with Gasteiger partial charge in [0.05, 0.1) is 17.6 Å².